The Bertz CT molecular complexity index is 275. The number of aromatic amines is 2. The number of hydrogen-bond acceptors (Lipinski definition) is 3. The largest absolute Gasteiger partial charge is 0.503 e. The first kappa shape index (κ1) is 17.9. The van der Waals surface area contributed by atoms with Crippen LogP contribution in [0.3, 0.4) is 0 Å². The smallest absolute Gasteiger partial charge is 0.450 e. The molecule has 2 aromatic heterocycles. The minimum absolute atomic E-state index is 1.62. The minimum Gasteiger partial charge on any atom is -0.450 e. The van der Waals surface area contributed by atoms with Gasteiger partial charge in [0, 0.05) is 24.8 Å². The van der Waals surface area contributed by atoms with Crippen molar-refractivity contribution in [3.05, 3.63) is 37.4 Å². The highest BCUT2D eigenvalue weighted by Gasteiger charge is 1.86. The fraction of sp³-hybridized carbons (Fsp3) is 0.125. The summed E-state index contributed by atoms with van der Waals surface area (Å²) < 4.78 is 29.0. The van der Waals surface area contributed by atoms with Gasteiger partial charge in [0.25, 0.3) is 0 Å². The lowest BCUT2D eigenvalue weighted by molar-refractivity contribution is 0.00818. The van der Waals surface area contributed by atoms with E-state index >= 15 is 0 Å². The number of hydrogen-bond donors (Lipinski definition) is 4. The average molecular weight is 268 g/mol. The standard InChI is InChI=1S/2C3H4N2.CHF3.CH2O3/c2*1-2-5-3-4-1;2*2-1(3)4/h2*1-3H,(H,4,5);1H;(H2,2,3,4). The Balaban J connectivity index is 0. The topological polar surface area (TPSA) is 115 Å². The van der Waals surface area contributed by atoms with E-state index in [2.05, 4.69) is 19.9 Å². The molecule has 0 spiro atoms. The lowest BCUT2D eigenvalue weighted by Crippen LogP contribution is -1.81. The van der Waals surface area contributed by atoms with Gasteiger partial charge in [-0.05, 0) is 0 Å². The van der Waals surface area contributed by atoms with Crippen molar-refractivity contribution in [2.24, 2.45) is 0 Å². The zero-order chi connectivity index (χ0) is 14.2. The molecule has 2 rings (SSSR count). The van der Waals surface area contributed by atoms with Gasteiger partial charge in [-0.25, -0.2) is 14.8 Å². The fourth-order valence-corrected chi connectivity index (χ4v) is 0.430. The van der Waals surface area contributed by atoms with Crippen molar-refractivity contribution in [1.82, 2.24) is 19.9 Å². The van der Waals surface area contributed by atoms with Gasteiger partial charge in [0.15, 0.2) is 0 Å². The number of alkyl halides is 3. The summed E-state index contributed by atoms with van der Waals surface area (Å²) in [5.41, 5.74) is 0. The Morgan fingerprint density at radius 1 is 1.00 bits per heavy atom. The third kappa shape index (κ3) is 37.5. The van der Waals surface area contributed by atoms with Crippen molar-refractivity contribution in [2.75, 3.05) is 0 Å². The minimum atomic E-state index is -3.67. The maximum Gasteiger partial charge on any atom is 0.503 e. The van der Waals surface area contributed by atoms with Crippen molar-refractivity contribution in [3.8, 4) is 0 Å². The number of H-pyrrole nitrogens is 2. The van der Waals surface area contributed by atoms with Gasteiger partial charge in [-0.15, -0.1) is 0 Å². The van der Waals surface area contributed by atoms with Crippen LogP contribution in [0.15, 0.2) is 37.4 Å². The third-order valence-electron chi connectivity index (χ3n) is 0.812. The molecule has 2 heterocycles. The van der Waals surface area contributed by atoms with Gasteiger partial charge in [0.1, 0.15) is 0 Å². The molecule has 0 unspecified atom stereocenters. The van der Waals surface area contributed by atoms with Crippen LogP contribution < -0.4 is 0 Å². The molecule has 10 heteroatoms. The first-order valence-corrected chi connectivity index (χ1v) is 4.16. The normalized spacial score (nSPS) is 7.78. The Hall–Kier alpha value is -2.52. The molecular weight excluding hydrogens is 257 g/mol. The molecule has 0 aliphatic carbocycles. The summed E-state index contributed by atoms with van der Waals surface area (Å²) in [6, 6.07) is 0. The Kier molecular flexibility index (Phi) is 14.4. The van der Waals surface area contributed by atoms with E-state index < -0.39 is 12.8 Å². The number of halogens is 3. The molecule has 0 fully saturated rings. The summed E-state index contributed by atoms with van der Waals surface area (Å²) in [5.74, 6) is 0. The molecule has 7 nitrogen and oxygen atoms in total. The maximum absolute atomic E-state index is 9.67. The van der Waals surface area contributed by atoms with Gasteiger partial charge in [0.05, 0.1) is 12.7 Å². The predicted molar refractivity (Wildman–Crippen MR) is 54.9 cm³/mol. The molecule has 0 bridgehead atoms. The van der Waals surface area contributed by atoms with Crippen LogP contribution in [0.1, 0.15) is 0 Å². The lowest BCUT2D eigenvalue weighted by atomic mass is 11.0. The highest BCUT2D eigenvalue weighted by atomic mass is 19.4. The van der Waals surface area contributed by atoms with E-state index in [1.807, 2.05) is 0 Å². The Labute approximate surface area is 99.3 Å². The van der Waals surface area contributed by atoms with Crippen molar-refractivity contribution >= 4 is 6.16 Å². The first-order chi connectivity index (χ1) is 8.46. The first-order valence-electron chi connectivity index (χ1n) is 4.16. The fourth-order valence-electron chi connectivity index (χ4n) is 0.430. The van der Waals surface area contributed by atoms with Crippen molar-refractivity contribution in [3.63, 3.8) is 0 Å². The summed E-state index contributed by atoms with van der Waals surface area (Å²) in [7, 11) is 0. The number of carboxylic acid groups (broad SMARTS) is 2. The lowest BCUT2D eigenvalue weighted by Gasteiger charge is -1.65. The summed E-state index contributed by atoms with van der Waals surface area (Å²) in [4.78, 5) is 21.4. The van der Waals surface area contributed by atoms with E-state index in [1.165, 1.54) is 0 Å². The summed E-state index contributed by atoms with van der Waals surface area (Å²) in [6.45, 7) is -3.67. The number of imidazole rings is 2. The third-order valence-corrected chi connectivity index (χ3v) is 0.812. The number of aromatic nitrogens is 4. The molecule has 0 atom stereocenters. The van der Waals surface area contributed by atoms with Crippen LogP contribution in [-0.2, 0) is 0 Å². The van der Waals surface area contributed by atoms with E-state index in [9.17, 15) is 13.2 Å². The SMILES string of the molecule is FC(F)F.O=C(O)O.c1c[nH]cn1.c1c[nH]cn1. The molecule has 0 saturated carbocycles. The highest BCUT2D eigenvalue weighted by molar-refractivity contribution is 5.53. The number of nitrogens with one attached hydrogen (secondary N) is 2. The molecule has 0 aromatic carbocycles. The molecule has 18 heavy (non-hydrogen) atoms. The molecule has 4 N–H and O–H groups in total. The van der Waals surface area contributed by atoms with Gasteiger partial charge < -0.3 is 20.2 Å². The van der Waals surface area contributed by atoms with E-state index in [-0.39, 0.29) is 0 Å². The van der Waals surface area contributed by atoms with E-state index in [0.717, 1.165) is 0 Å². The van der Waals surface area contributed by atoms with Crippen LogP contribution >= 0.6 is 0 Å². The molecule has 2 aromatic rings. The highest BCUT2D eigenvalue weighted by Crippen LogP contribution is 1.87. The molecular formula is C8H11F3N4O3. The van der Waals surface area contributed by atoms with Gasteiger partial charge in [-0.3, -0.25) is 0 Å². The van der Waals surface area contributed by atoms with Crippen LogP contribution in [0.4, 0.5) is 18.0 Å². The summed E-state index contributed by atoms with van der Waals surface area (Å²) in [6.07, 6.45) is 8.33. The number of nitrogens with zero attached hydrogens (tertiary/aromatic N) is 2. The van der Waals surface area contributed by atoms with Gasteiger partial charge in [-0.1, -0.05) is 0 Å². The van der Waals surface area contributed by atoms with E-state index in [4.69, 9.17) is 15.0 Å². The number of rotatable bonds is 0. The summed E-state index contributed by atoms with van der Waals surface area (Å²) >= 11 is 0. The predicted octanol–water partition coefficient (Wildman–Crippen LogP) is 2.22. The van der Waals surface area contributed by atoms with E-state index in [0.29, 0.717) is 0 Å². The second-order valence-corrected chi connectivity index (χ2v) is 2.05. The van der Waals surface area contributed by atoms with Crippen molar-refractivity contribution in [1.29, 1.82) is 0 Å². The Morgan fingerprint density at radius 2 is 1.28 bits per heavy atom. The zero-order valence-electron chi connectivity index (χ0n) is 8.87. The molecule has 0 saturated heterocycles. The van der Waals surface area contributed by atoms with Gasteiger partial charge in [0.2, 0.25) is 0 Å². The monoisotopic (exact) mass is 268 g/mol. The molecule has 0 aliphatic heterocycles. The van der Waals surface area contributed by atoms with Gasteiger partial charge >= 0.3 is 12.8 Å². The van der Waals surface area contributed by atoms with Crippen molar-refractivity contribution in [2.45, 2.75) is 6.68 Å². The second-order valence-electron chi connectivity index (χ2n) is 2.05. The molecule has 0 aliphatic rings. The van der Waals surface area contributed by atoms with Crippen molar-refractivity contribution < 1.29 is 28.2 Å². The van der Waals surface area contributed by atoms with Gasteiger partial charge in [-0.2, -0.15) is 13.2 Å². The maximum atomic E-state index is 9.67. The second kappa shape index (κ2) is 14.5. The number of carbonyl (C=O) groups is 1. The van der Waals surface area contributed by atoms with Crippen LogP contribution in [-0.4, -0.2) is 43.0 Å². The van der Waals surface area contributed by atoms with Crippen LogP contribution in [0.25, 0.3) is 0 Å². The summed E-state index contributed by atoms with van der Waals surface area (Å²) in [5, 5.41) is 13.9. The van der Waals surface area contributed by atoms with Crippen LogP contribution in [0.2, 0.25) is 0 Å². The molecule has 0 radical (unpaired) electrons. The average Bonchev–Trinajstić information content (AvgIpc) is 2.96. The molecule has 0 amide bonds. The molecule has 102 valence electrons. The zero-order valence-corrected chi connectivity index (χ0v) is 8.87. The Morgan fingerprint density at radius 3 is 1.33 bits per heavy atom. The van der Waals surface area contributed by atoms with Crippen LogP contribution in [0, 0.1) is 0 Å². The quantitative estimate of drug-likeness (QED) is 0.584. The van der Waals surface area contributed by atoms with Crippen LogP contribution in [0.5, 0.6) is 0 Å². The van der Waals surface area contributed by atoms with E-state index in [1.54, 1.807) is 37.4 Å².